The van der Waals surface area contributed by atoms with Crippen LogP contribution in [0.4, 0.5) is 5.69 Å². The second kappa shape index (κ2) is 8.64. The molecule has 5 nitrogen and oxygen atoms in total. The molecule has 152 valence electrons. The van der Waals surface area contributed by atoms with E-state index in [2.05, 4.69) is 5.32 Å². The van der Waals surface area contributed by atoms with Crippen molar-refractivity contribution in [3.8, 4) is 0 Å². The van der Waals surface area contributed by atoms with Gasteiger partial charge in [-0.15, -0.1) is 0 Å². The molecule has 1 heterocycles. The molecule has 2 bridgehead atoms. The predicted octanol–water partition coefficient (Wildman–Crippen LogP) is 3.79. The first-order valence-electron chi connectivity index (χ1n) is 11.1. The SMILES string of the molecule is NC1C2CCCC1CC(C(=O)Nc1ccc(C(=O)N3CCCCCC3)cc1)C2. The lowest BCUT2D eigenvalue weighted by atomic mass is 9.65. The van der Waals surface area contributed by atoms with Gasteiger partial charge in [-0.3, -0.25) is 9.59 Å². The van der Waals surface area contributed by atoms with Gasteiger partial charge in [-0.25, -0.2) is 0 Å². The summed E-state index contributed by atoms with van der Waals surface area (Å²) >= 11 is 0. The Morgan fingerprint density at radius 3 is 2.11 bits per heavy atom. The van der Waals surface area contributed by atoms with Crippen molar-refractivity contribution in [1.82, 2.24) is 4.90 Å². The molecule has 5 heteroatoms. The lowest BCUT2D eigenvalue weighted by Crippen LogP contribution is -2.48. The fourth-order valence-electron chi connectivity index (χ4n) is 5.40. The molecule has 2 saturated carbocycles. The van der Waals surface area contributed by atoms with Crippen molar-refractivity contribution in [3.05, 3.63) is 29.8 Å². The third-order valence-electron chi connectivity index (χ3n) is 7.08. The third kappa shape index (κ3) is 4.24. The van der Waals surface area contributed by atoms with E-state index in [0.717, 1.165) is 57.3 Å². The van der Waals surface area contributed by atoms with Gasteiger partial charge in [0, 0.05) is 36.3 Å². The number of carbonyl (C=O) groups is 2. The van der Waals surface area contributed by atoms with Crippen molar-refractivity contribution < 1.29 is 9.59 Å². The number of rotatable bonds is 3. The molecule has 1 aromatic rings. The van der Waals surface area contributed by atoms with Crippen LogP contribution in [0.2, 0.25) is 0 Å². The van der Waals surface area contributed by atoms with E-state index in [-0.39, 0.29) is 23.8 Å². The number of likely N-dealkylation sites (tertiary alicyclic amines) is 1. The zero-order chi connectivity index (χ0) is 19.5. The first-order chi connectivity index (χ1) is 13.6. The van der Waals surface area contributed by atoms with Gasteiger partial charge >= 0.3 is 0 Å². The molecule has 2 amide bonds. The van der Waals surface area contributed by atoms with E-state index in [4.69, 9.17) is 5.73 Å². The average molecular weight is 384 g/mol. The normalized spacial score (nSPS) is 30.4. The predicted molar refractivity (Wildman–Crippen MR) is 111 cm³/mol. The molecule has 2 aliphatic carbocycles. The topological polar surface area (TPSA) is 75.4 Å². The zero-order valence-corrected chi connectivity index (χ0v) is 16.7. The molecule has 3 N–H and O–H groups in total. The summed E-state index contributed by atoms with van der Waals surface area (Å²) in [4.78, 5) is 27.4. The van der Waals surface area contributed by atoms with E-state index in [1.165, 1.54) is 19.3 Å². The van der Waals surface area contributed by atoms with Gasteiger partial charge in [-0.05, 0) is 74.6 Å². The summed E-state index contributed by atoms with van der Waals surface area (Å²) in [7, 11) is 0. The standard InChI is InChI=1S/C23H33N3O2/c24-21-17-6-5-7-18(21)15-19(14-17)22(27)25-20-10-8-16(9-11-20)23(28)26-12-3-1-2-4-13-26/h8-11,17-19,21H,1-7,12-15,24H2,(H,25,27). The smallest absolute Gasteiger partial charge is 0.253 e. The largest absolute Gasteiger partial charge is 0.339 e. The number of hydrogen-bond donors (Lipinski definition) is 2. The van der Waals surface area contributed by atoms with Gasteiger partial charge in [0.15, 0.2) is 0 Å². The van der Waals surface area contributed by atoms with Crippen molar-refractivity contribution in [1.29, 1.82) is 0 Å². The number of anilines is 1. The van der Waals surface area contributed by atoms with Gasteiger partial charge in [-0.1, -0.05) is 19.3 Å². The minimum Gasteiger partial charge on any atom is -0.339 e. The second-order valence-electron chi connectivity index (χ2n) is 8.97. The number of nitrogens with two attached hydrogens (primary N) is 1. The Morgan fingerprint density at radius 2 is 1.50 bits per heavy atom. The Hall–Kier alpha value is -1.88. The van der Waals surface area contributed by atoms with Crippen LogP contribution in [0.1, 0.15) is 68.1 Å². The van der Waals surface area contributed by atoms with Gasteiger partial charge < -0.3 is 16.0 Å². The van der Waals surface area contributed by atoms with E-state index in [0.29, 0.717) is 17.4 Å². The third-order valence-corrected chi connectivity index (χ3v) is 7.08. The molecular weight excluding hydrogens is 350 g/mol. The number of nitrogens with zero attached hydrogens (tertiary/aromatic N) is 1. The first-order valence-corrected chi connectivity index (χ1v) is 11.1. The van der Waals surface area contributed by atoms with E-state index in [1.54, 1.807) is 0 Å². The van der Waals surface area contributed by atoms with Crippen LogP contribution < -0.4 is 11.1 Å². The van der Waals surface area contributed by atoms with Crippen molar-refractivity contribution in [3.63, 3.8) is 0 Å². The van der Waals surface area contributed by atoms with E-state index >= 15 is 0 Å². The average Bonchev–Trinajstić information content (AvgIpc) is 2.97. The molecule has 0 aromatic heterocycles. The summed E-state index contributed by atoms with van der Waals surface area (Å²) in [6.45, 7) is 1.70. The van der Waals surface area contributed by atoms with Gasteiger partial charge in [0.05, 0.1) is 0 Å². The first kappa shape index (κ1) is 19.4. The number of nitrogens with one attached hydrogen (secondary N) is 1. The molecule has 1 aromatic carbocycles. The summed E-state index contributed by atoms with van der Waals surface area (Å²) in [5, 5.41) is 3.07. The van der Waals surface area contributed by atoms with Crippen LogP contribution >= 0.6 is 0 Å². The highest BCUT2D eigenvalue weighted by molar-refractivity contribution is 5.96. The summed E-state index contributed by atoms with van der Waals surface area (Å²) in [5.74, 6) is 1.27. The van der Waals surface area contributed by atoms with Gasteiger partial charge in [-0.2, -0.15) is 0 Å². The number of hydrogen-bond acceptors (Lipinski definition) is 3. The fourth-order valence-corrected chi connectivity index (χ4v) is 5.40. The monoisotopic (exact) mass is 383 g/mol. The number of amides is 2. The molecule has 0 radical (unpaired) electrons. The highest BCUT2D eigenvalue weighted by Crippen LogP contribution is 2.42. The second-order valence-corrected chi connectivity index (χ2v) is 8.97. The highest BCUT2D eigenvalue weighted by atomic mass is 16.2. The molecule has 2 unspecified atom stereocenters. The zero-order valence-electron chi connectivity index (χ0n) is 16.7. The van der Waals surface area contributed by atoms with Crippen molar-refractivity contribution in [2.24, 2.45) is 23.5 Å². The van der Waals surface area contributed by atoms with Crippen LogP contribution in [0.5, 0.6) is 0 Å². The van der Waals surface area contributed by atoms with Crippen molar-refractivity contribution in [2.75, 3.05) is 18.4 Å². The maximum atomic E-state index is 12.8. The number of carbonyl (C=O) groups excluding carboxylic acids is 2. The molecule has 4 rings (SSSR count). The summed E-state index contributed by atoms with van der Waals surface area (Å²) in [5.41, 5.74) is 7.83. The quantitative estimate of drug-likeness (QED) is 0.834. The van der Waals surface area contributed by atoms with Crippen LogP contribution in [0, 0.1) is 17.8 Å². The molecule has 2 atom stereocenters. The lowest BCUT2D eigenvalue weighted by molar-refractivity contribution is -0.122. The fraction of sp³-hybridized carbons (Fsp3) is 0.652. The number of benzene rings is 1. The van der Waals surface area contributed by atoms with Crippen molar-refractivity contribution >= 4 is 17.5 Å². The molecule has 3 aliphatic rings. The minimum absolute atomic E-state index is 0.0634. The Labute approximate surface area is 168 Å². The lowest BCUT2D eigenvalue weighted by Gasteiger charge is -2.43. The Bertz CT molecular complexity index is 680. The van der Waals surface area contributed by atoms with Crippen LogP contribution in [0.3, 0.4) is 0 Å². The van der Waals surface area contributed by atoms with Crippen LogP contribution in [-0.2, 0) is 4.79 Å². The van der Waals surface area contributed by atoms with Gasteiger partial charge in [0.1, 0.15) is 0 Å². The molecule has 28 heavy (non-hydrogen) atoms. The minimum atomic E-state index is 0.0634. The highest BCUT2D eigenvalue weighted by Gasteiger charge is 2.40. The summed E-state index contributed by atoms with van der Waals surface area (Å²) in [6.07, 6.45) is 10.0. The molecule has 3 fully saturated rings. The van der Waals surface area contributed by atoms with Crippen molar-refractivity contribution in [2.45, 2.75) is 63.8 Å². The van der Waals surface area contributed by atoms with Gasteiger partial charge in [0.2, 0.25) is 5.91 Å². The van der Waals surface area contributed by atoms with E-state index < -0.39 is 0 Å². The summed E-state index contributed by atoms with van der Waals surface area (Å²) < 4.78 is 0. The molecule has 0 spiro atoms. The molecule has 1 aliphatic heterocycles. The van der Waals surface area contributed by atoms with Crippen LogP contribution in [-0.4, -0.2) is 35.8 Å². The maximum absolute atomic E-state index is 12.8. The van der Waals surface area contributed by atoms with E-state index in [9.17, 15) is 9.59 Å². The van der Waals surface area contributed by atoms with Crippen LogP contribution in [0.25, 0.3) is 0 Å². The van der Waals surface area contributed by atoms with E-state index in [1.807, 2.05) is 29.2 Å². The van der Waals surface area contributed by atoms with Gasteiger partial charge in [0.25, 0.3) is 5.91 Å². The Kier molecular flexibility index (Phi) is 6.00. The molecule has 1 saturated heterocycles. The Balaban J connectivity index is 1.35. The van der Waals surface area contributed by atoms with Crippen LogP contribution in [0.15, 0.2) is 24.3 Å². The Morgan fingerprint density at radius 1 is 0.893 bits per heavy atom. The molecular formula is C23H33N3O2. The maximum Gasteiger partial charge on any atom is 0.253 e. The summed E-state index contributed by atoms with van der Waals surface area (Å²) in [6, 6.07) is 7.68. The number of fused-ring (bicyclic) bond motifs is 2.